The molecule has 0 saturated heterocycles. The summed E-state index contributed by atoms with van der Waals surface area (Å²) in [4.78, 5) is 25.8. The first-order chi connectivity index (χ1) is 13.4. The first-order valence-electron chi connectivity index (χ1n) is 8.65. The van der Waals surface area contributed by atoms with E-state index in [4.69, 9.17) is 9.47 Å². The molecule has 0 unspecified atom stereocenters. The van der Waals surface area contributed by atoms with Crippen LogP contribution < -0.4 is 4.74 Å². The van der Waals surface area contributed by atoms with Crippen molar-refractivity contribution in [1.82, 2.24) is 4.90 Å². The van der Waals surface area contributed by atoms with Crippen molar-refractivity contribution < 1.29 is 19.1 Å². The summed E-state index contributed by atoms with van der Waals surface area (Å²) in [7, 11) is 3.18. The Bertz CT molecular complexity index is 894. The summed E-state index contributed by atoms with van der Waals surface area (Å²) < 4.78 is 10.1. The van der Waals surface area contributed by atoms with Gasteiger partial charge in [-0.2, -0.15) is 5.26 Å². The number of likely N-dealkylation sites (N-methyl/N-ethyl adjacent to an activating group) is 1. The predicted molar refractivity (Wildman–Crippen MR) is 105 cm³/mol. The molecule has 0 atom stereocenters. The molecule has 0 radical (unpaired) electrons. The van der Waals surface area contributed by atoms with Crippen LogP contribution in [0.5, 0.6) is 5.75 Å². The van der Waals surface area contributed by atoms with Gasteiger partial charge in [0.15, 0.2) is 6.61 Å². The molecule has 0 fully saturated rings. The van der Waals surface area contributed by atoms with E-state index in [9.17, 15) is 14.9 Å². The second-order valence-electron chi connectivity index (χ2n) is 6.25. The van der Waals surface area contributed by atoms with Crippen molar-refractivity contribution in [2.75, 3.05) is 20.8 Å². The van der Waals surface area contributed by atoms with Crippen LogP contribution in [0.2, 0.25) is 0 Å². The fourth-order valence-electron chi connectivity index (χ4n) is 2.37. The first kappa shape index (κ1) is 20.7. The Morgan fingerprint density at radius 1 is 1.11 bits per heavy atom. The van der Waals surface area contributed by atoms with Crippen molar-refractivity contribution in [1.29, 1.82) is 5.26 Å². The highest BCUT2D eigenvalue weighted by atomic mass is 16.5. The fraction of sp³-hybridized carbons (Fsp3) is 0.227. The van der Waals surface area contributed by atoms with E-state index in [1.807, 2.05) is 37.3 Å². The van der Waals surface area contributed by atoms with Crippen LogP contribution >= 0.6 is 0 Å². The number of esters is 1. The van der Waals surface area contributed by atoms with Gasteiger partial charge in [0.1, 0.15) is 17.4 Å². The minimum absolute atomic E-state index is 0.181. The zero-order valence-electron chi connectivity index (χ0n) is 16.1. The van der Waals surface area contributed by atoms with Gasteiger partial charge in [0.2, 0.25) is 0 Å². The molecular weight excluding hydrogens is 356 g/mol. The van der Waals surface area contributed by atoms with Gasteiger partial charge in [0.25, 0.3) is 5.91 Å². The third kappa shape index (κ3) is 5.99. The number of aryl methyl sites for hydroxylation is 1. The van der Waals surface area contributed by atoms with Gasteiger partial charge in [-0.3, -0.25) is 4.79 Å². The smallest absolute Gasteiger partial charge is 0.349 e. The predicted octanol–water partition coefficient (Wildman–Crippen LogP) is 3.11. The number of nitrogens with zero attached hydrogens (tertiary/aromatic N) is 2. The summed E-state index contributed by atoms with van der Waals surface area (Å²) in [5, 5.41) is 9.21. The molecule has 28 heavy (non-hydrogen) atoms. The number of carbonyl (C=O) groups excluding carboxylic acids is 2. The average Bonchev–Trinajstić information content (AvgIpc) is 2.72. The van der Waals surface area contributed by atoms with E-state index in [2.05, 4.69) is 0 Å². The van der Waals surface area contributed by atoms with Gasteiger partial charge < -0.3 is 14.4 Å². The molecule has 1 amide bonds. The average molecular weight is 378 g/mol. The van der Waals surface area contributed by atoms with Gasteiger partial charge in [0.05, 0.1) is 7.11 Å². The molecule has 2 aromatic rings. The molecule has 2 aromatic carbocycles. The first-order valence-corrected chi connectivity index (χ1v) is 8.65. The third-order valence-electron chi connectivity index (χ3n) is 4.06. The second kappa shape index (κ2) is 9.93. The van der Waals surface area contributed by atoms with Gasteiger partial charge in [-0.1, -0.05) is 42.0 Å². The van der Waals surface area contributed by atoms with Gasteiger partial charge in [-0.25, -0.2) is 4.79 Å². The minimum atomic E-state index is -0.838. The summed E-state index contributed by atoms with van der Waals surface area (Å²) in [6, 6.07) is 16.5. The van der Waals surface area contributed by atoms with Gasteiger partial charge in [-0.05, 0) is 36.3 Å². The quantitative estimate of drug-likeness (QED) is 0.420. The summed E-state index contributed by atoms with van der Waals surface area (Å²) in [5.41, 5.74) is 2.58. The molecule has 0 saturated carbocycles. The molecular formula is C22H22N2O4. The zero-order valence-corrected chi connectivity index (χ0v) is 16.1. The third-order valence-corrected chi connectivity index (χ3v) is 4.06. The number of methoxy groups -OCH3 is 1. The van der Waals surface area contributed by atoms with Crippen molar-refractivity contribution in [2.45, 2.75) is 13.5 Å². The van der Waals surface area contributed by atoms with Crippen LogP contribution in [0, 0.1) is 18.3 Å². The molecule has 0 heterocycles. The molecule has 0 aromatic heterocycles. The lowest BCUT2D eigenvalue weighted by atomic mass is 10.1. The molecule has 0 aliphatic rings. The van der Waals surface area contributed by atoms with Crippen LogP contribution in [0.1, 0.15) is 16.7 Å². The number of hydrogen-bond acceptors (Lipinski definition) is 5. The molecule has 0 spiro atoms. The van der Waals surface area contributed by atoms with E-state index in [1.165, 1.54) is 11.0 Å². The standard InChI is InChI=1S/C22H22N2O4/c1-16-4-6-18(7-5-16)14-24(2)21(25)15-28-22(26)19(13-23)12-17-8-10-20(27-3)11-9-17/h4-12H,14-15H2,1-3H3/b19-12+. The molecule has 144 valence electrons. The second-order valence-corrected chi connectivity index (χ2v) is 6.25. The number of amides is 1. The number of hydrogen-bond donors (Lipinski definition) is 0. The Morgan fingerprint density at radius 3 is 2.32 bits per heavy atom. The van der Waals surface area contributed by atoms with E-state index in [0.717, 1.165) is 11.1 Å². The number of carbonyl (C=O) groups is 2. The van der Waals surface area contributed by atoms with Crippen LogP contribution in [0.3, 0.4) is 0 Å². The Balaban J connectivity index is 1.92. The van der Waals surface area contributed by atoms with Crippen LogP contribution in [0.4, 0.5) is 0 Å². The van der Waals surface area contributed by atoms with Crippen molar-refractivity contribution in [3.63, 3.8) is 0 Å². The van der Waals surface area contributed by atoms with Crippen molar-refractivity contribution in [2.24, 2.45) is 0 Å². The molecule has 0 bridgehead atoms. The Labute approximate surface area is 164 Å². The van der Waals surface area contributed by atoms with Crippen LogP contribution in [-0.4, -0.2) is 37.5 Å². The molecule has 6 heteroatoms. The van der Waals surface area contributed by atoms with E-state index < -0.39 is 12.6 Å². The maximum absolute atomic E-state index is 12.2. The fourth-order valence-corrected chi connectivity index (χ4v) is 2.37. The number of nitriles is 1. The summed E-state index contributed by atoms with van der Waals surface area (Å²) >= 11 is 0. The van der Waals surface area contributed by atoms with E-state index in [0.29, 0.717) is 17.9 Å². The number of ether oxygens (including phenoxy) is 2. The molecule has 6 nitrogen and oxygen atoms in total. The lowest BCUT2D eigenvalue weighted by Crippen LogP contribution is -2.31. The summed E-state index contributed by atoms with van der Waals surface area (Å²) in [6.07, 6.45) is 1.41. The molecule has 0 aliphatic carbocycles. The zero-order chi connectivity index (χ0) is 20.5. The highest BCUT2D eigenvalue weighted by molar-refractivity contribution is 5.98. The van der Waals surface area contributed by atoms with Gasteiger partial charge in [-0.15, -0.1) is 0 Å². The van der Waals surface area contributed by atoms with E-state index in [-0.39, 0.29) is 11.5 Å². The maximum atomic E-state index is 12.2. The monoisotopic (exact) mass is 378 g/mol. The minimum Gasteiger partial charge on any atom is -0.497 e. The number of rotatable bonds is 7. The lowest BCUT2D eigenvalue weighted by Gasteiger charge is -2.17. The largest absolute Gasteiger partial charge is 0.497 e. The molecule has 0 N–H and O–H groups in total. The van der Waals surface area contributed by atoms with Crippen molar-refractivity contribution in [3.05, 3.63) is 70.8 Å². The lowest BCUT2D eigenvalue weighted by molar-refractivity contribution is -0.148. The number of benzene rings is 2. The highest BCUT2D eigenvalue weighted by Gasteiger charge is 2.16. The van der Waals surface area contributed by atoms with E-state index >= 15 is 0 Å². The normalized spacial score (nSPS) is 10.7. The highest BCUT2D eigenvalue weighted by Crippen LogP contribution is 2.14. The van der Waals surface area contributed by atoms with Crippen LogP contribution in [-0.2, 0) is 20.9 Å². The topological polar surface area (TPSA) is 79.6 Å². The van der Waals surface area contributed by atoms with Crippen LogP contribution in [0.15, 0.2) is 54.1 Å². The Kier molecular flexibility index (Phi) is 7.35. The Morgan fingerprint density at radius 2 is 1.75 bits per heavy atom. The van der Waals surface area contributed by atoms with E-state index in [1.54, 1.807) is 38.4 Å². The van der Waals surface area contributed by atoms with Crippen LogP contribution in [0.25, 0.3) is 6.08 Å². The SMILES string of the molecule is COc1ccc(/C=C(\C#N)C(=O)OCC(=O)N(C)Cc2ccc(C)cc2)cc1. The van der Waals surface area contributed by atoms with Crippen molar-refractivity contribution >= 4 is 18.0 Å². The Hall–Kier alpha value is -3.59. The van der Waals surface area contributed by atoms with Crippen molar-refractivity contribution in [3.8, 4) is 11.8 Å². The molecule has 0 aliphatic heterocycles. The summed E-state index contributed by atoms with van der Waals surface area (Å²) in [5.74, 6) is -0.522. The maximum Gasteiger partial charge on any atom is 0.349 e. The summed E-state index contributed by atoms with van der Waals surface area (Å²) in [6.45, 7) is 1.97. The van der Waals surface area contributed by atoms with Gasteiger partial charge in [0, 0.05) is 13.6 Å². The van der Waals surface area contributed by atoms with Gasteiger partial charge >= 0.3 is 5.97 Å². The molecule has 2 rings (SSSR count).